The first kappa shape index (κ1) is 45.2. The molecule has 0 unspecified atom stereocenters. The molecule has 0 N–H and O–H groups in total. The molecule has 0 fully saturated rings. The molecule has 14 aromatic carbocycles. The van der Waals surface area contributed by atoms with E-state index in [1.165, 1.54) is 4.57 Å². The number of hydrogen-bond acceptors (Lipinski definition) is 3. The Bertz CT molecular complexity index is 6710. The van der Waals surface area contributed by atoms with Gasteiger partial charge in [-0.3, -0.25) is 0 Å². The van der Waals surface area contributed by atoms with Crippen molar-refractivity contribution in [2.45, 2.75) is 62.2 Å². The number of anilines is 3. The second-order valence-corrected chi connectivity index (χ2v) is 28.7. The van der Waals surface area contributed by atoms with Crippen molar-refractivity contribution in [3.63, 3.8) is 0 Å². The van der Waals surface area contributed by atoms with Crippen LogP contribution in [0, 0.1) is 0 Å². The van der Waals surface area contributed by atoms with E-state index in [1.807, 2.05) is 120 Å². The summed E-state index contributed by atoms with van der Waals surface area (Å²) in [5.41, 5.74) is 16.5. The van der Waals surface area contributed by atoms with Crippen molar-refractivity contribution in [3.05, 3.63) is 314 Å². The SMILES string of the molecule is [2H]c1c([2H])c([2H])c2c(c1[2H])c1c([2H])c([2H])c([2H])c([2H])c1n2-c1ccc2oc3ccc4c(c3c2c1)Sc1cc(-c2cc(C(C)(C)C)cc(C(C)(C)C)c2)cc2c1B4c1ccc(-n3c4c([2H])c(-c5ccccc5)c([2H])c([2H])c4c4c([2H])c([2H])c(-c5ccccc5)c([2H])c43)cc1N2c1c(-c2ccccc2)cccc1-c1ccccc1. The third-order valence-electron chi connectivity index (χ3n) is 19.7. The zero-order valence-corrected chi connectivity index (χ0v) is 55.3. The quantitative estimate of drug-likeness (QED) is 0.142. The summed E-state index contributed by atoms with van der Waals surface area (Å²) in [5, 5.41) is 1.55. The van der Waals surface area contributed by atoms with Gasteiger partial charge in [0, 0.05) is 76.0 Å². The van der Waals surface area contributed by atoms with Crippen molar-refractivity contribution in [2.75, 3.05) is 4.90 Å². The van der Waals surface area contributed by atoms with Crippen LogP contribution < -0.4 is 21.3 Å². The lowest BCUT2D eigenvalue weighted by atomic mass is 9.34. The summed E-state index contributed by atoms with van der Waals surface area (Å²) in [6.07, 6.45) is 0. The predicted octanol–water partition coefficient (Wildman–Crippen LogP) is 23.5. The number of rotatable bonds is 8. The van der Waals surface area contributed by atoms with E-state index in [4.69, 9.17) is 9.90 Å². The van der Waals surface area contributed by atoms with Crippen LogP contribution in [0.5, 0.6) is 0 Å². The second kappa shape index (κ2) is 22.1. The minimum Gasteiger partial charge on any atom is -0.456 e. The van der Waals surface area contributed by atoms with Gasteiger partial charge in [0.15, 0.2) is 0 Å². The summed E-state index contributed by atoms with van der Waals surface area (Å²) < 4.78 is 144. The van der Waals surface area contributed by atoms with Gasteiger partial charge in [-0.05, 0) is 150 Å². The summed E-state index contributed by atoms with van der Waals surface area (Å²) >= 11 is 1.63. The van der Waals surface area contributed by atoms with Crippen LogP contribution in [0.3, 0.4) is 0 Å². The molecule has 0 amide bonds. The van der Waals surface area contributed by atoms with Crippen LogP contribution >= 0.6 is 11.8 Å². The van der Waals surface area contributed by atoms with Gasteiger partial charge in [-0.1, -0.05) is 289 Å². The number of hydrogen-bond donors (Lipinski definition) is 0. The summed E-state index contributed by atoms with van der Waals surface area (Å²) in [7, 11) is 0. The lowest BCUT2D eigenvalue weighted by molar-refractivity contribution is 0.569. The summed E-state index contributed by atoms with van der Waals surface area (Å²) in [4.78, 5) is 4.21. The third-order valence-corrected chi connectivity index (χ3v) is 20.9. The van der Waals surface area contributed by atoms with Gasteiger partial charge >= 0.3 is 0 Å². The molecule has 0 bridgehead atoms. The minimum atomic E-state index is -0.560. The van der Waals surface area contributed by atoms with Crippen LogP contribution in [0.25, 0.3) is 133 Å². The van der Waals surface area contributed by atoms with Crippen molar-refractivity contribution >= 4 is 117 Å². The molecule has 19 rings (SSSR count). The fourth-order valence-electron chi connectivity index (χ4n) is 14.9. The van der Waals surface area contributed by atoms with E-state index < -0.39 is 55.1 Å². The highest BCUT2D eigenvalue weighted by Crippen LogP contribution is 2.53. The van der Waals surface area contributed by atoms with Gasteiger partial charge in [0.1, 0.15) is 11.2 Å². The predicted molar refractivity (Wildman–Crippen MR) is 417 cm³/mol. The molecule has 466 valence electrons. The lowest BCUT2D eigenvalue weighted by Crippen LogP contribution is -2.60. The molecule has 0 saturated heterocycles. The highest BCUT2D eigenvalue weighted by Gasteiger charge is 2.44. The Morgan fingerprint density at radius 3 is 1.44 bits per heavy atom. The Morgan fingerprint density at radius 2 is 0.867 bits per heavy atom. The minimum absolute atomic E-state index is 0.00249. The molecule has 0 aliphatic carbocycles. The third kappa shape index (κ3) is 9.22. The molecule has 0 saturated carbocycles. The van der Waals surface area contributed by atoms with Crippen molar-refractivity contribution < 1.29 is 23.6 Å². The fraction of sp³-hybridized carbons (Fsp3) is 0.0870. The fourth-order valence-corrected chi connectivity index (χ4v) is 16.3. The van der Waals surface area contributed by atoms with Crippen molar-refractivity contribution in [3.8, 4) is 67.0 Å². The average Bonchev–Trinajstić information content (AvgIpc) is 1.33. The van der Waals surface area contributed by atoms with Gasteiger partial charge in [0.05, 0.1) is 46.9 Å². The van der Waals surface area contributed by atoms with E-state index in [0.717, 1.165) is 93.1 Å². The molecule has 2 aliphatic heterocycles. The molecular formula is C92H68BN3OS. The normalized spacial score (nSPS) is 14.9. The molecule has 17 aromatic rings. The van der Waals surface area contributed by atoms with Gasteiger partial charge < -0.3 is 18.5 Å². The Labute approximate surface area is 595 Å². The van der Waals surface area contributed by atoms with Gasteiger partial charge in [0.25, 0.3) is 0 Å². The van der Waals surface area contributed by atoms with Gasteiger partial charge in [-0.25, -0.2) is 0 Å². The Hall–Kier alpha value is -11.3. The molecule has 0 radical (unpaired) electrons. The van der Waals surface area contributed by atoms with Crippen LogP contribution in [0.2, 0.25) is 0 Å². The van der Waals surface area contributed by atoms with Gasteiger partial charge in [-0.2, -0.15) is 0 Å². The molecule has 0 atom stereocenters. The Kier molecular flexibility index (Phi) is 10.2. The van der Waals surface area contributed by atoms with E-state index in [1.54, 1.807) is 23.9 Å². The molecule has 3 aromatic heterocycles. The average molecular weight is 1290 g/mol. The molecule has 98 heavy (non-hydrogen) atoms. The maximum absolute atomic E-state index is 10.6. The first-order valence-electron chi connectivity index (χ1n) is 40.1. The van der Waals surface area contributed by atoms with E-state index in [9.17, 15) is 13.7 Å². The zero-order chi connectivity index (χ0) is 77.9. The van der Waals surface area contributed by atoms with E-state index in [-0.39, 0.29) is 102 Å². The van der Waals surface area contributed by atoms with Crippen LogP contribution in [0.15, 0.2) is 317 Å². The highest BCUT2D eigenvalue weighted by atomic mass is 32.2. The van der Waals surface area contributed by atoms with E-state index in [2.05, 4.69) is 137 Å². The number of benzene rings is 14. The van der Waals surface area contributed by atoms with Crippen LogP contribution in [0.1, 0.15) is 71.9 Å². The molecule has 2 aliphatic rings. The maximum atomic E-state index is 10.6. The maximum Gasteiger partial charge on any atom is 0.249 e. The summed E-state index contributed by atoms with van der Waals surface area (Å²) in [6.45, 7) is 12.9. The molecule has 6 heteroatoms. The standard InChI is InChI=1S/C92H68BN3OS/c1-91(2,3)65-48-63(49-66(54-65)92(4,5)6)64-52-83-88-86(53-64)98-90-77(45-47-85-87(90)75-55-67(41-46-84(75)97-85)94-78-36-21-19-32-71(78)72-33-20-22-37-79(72)94)93(88)76-44-40-68(56-82(76)96(83)89-69(59-28-15-9-16-29-59)34-23-35-70(89)60-30-17-10-18-31-60)95-80-50-61(57-24-11-7-12-25-57)38-42-73(80)74-43-39-62(51-81(74)95)58-26-13-8-14-27-58/h7-56H,1-6H3/i19D,20D,21D,22D,32D,33D,36D,37D,38D,39D,42D,43D,50D,51D. The first-order chi connectivity index (χ1) is 53.7. The number of furan rings is 1. The zero-order valence-electron chi connectivity index (χ0n) is 68.5. The summed E-state index contributed by atoms with van der Waals surface area (Å²) in [6, 6.07) is 68.0. The molecular weight excluding hydrogens is 1210 g/mol. The largest absolute Gasteiger partial charge is 0.456 e. The number of para-hydroxylation sites is 3. The lowest BCUT2D eigenvalue weighted by Gasteiger charge is -2.42. The van der Waals surface area contributed by atoms with E-state index >= 15 is 0 Å². The number of fused-ring (bicyclic) bond motifs is 14. The number of aromatic nitrogens is 2. The van der Waals surface area contributed by atoms with Crippen molar-refractivity contribution in [1.82, 2.24) is 9.13 Å². The first-order valence-corrected chi connectivity index (χ1v) is 33.9. The van der Waals surface area contributed by atoms with Crippen LogP contribution in [0.4, 0.5) is 17.1 Å². The van der Waals surface area contributed by atoms with Crippen LogP contribution in [-0.4, -0.2) is 15.8 Å². The topological polar surface area (TPSA) is 26.2 Å². The Morgan fingerprint density at radius 1 is 0.378 bits per heavy atom. The van der Waals surface area contributed by atoms with Crippen molar-refractivity contribution in [2.24, 2.45) is 0 Å². The van der Waals surface area contributed by atoms with Crippen LogP contribution in [-0.2, 0) is 10.8 Å². The Balaban J connectivity index is 0.972. The van der Waals surface area contributed by atoms with Crippen molar-refractivity contribution in [1.29, 1.82) is 0 Å². The number of nitrogens with zero attached hydrogens (tertiary/aromatic N) is 3. The highest BCUT2D eigenvalue weighted by molar-refractivity contribution is 8.00. The molecule has 0 spiro atoms. The van der Waals surface area contributed by atoms with E-state index in [0.29, 0.717) is 39.1 Å². The van der Waals surface area contributed by atoms with Gasteiger partial charge in [-0.15, -0.1) is 0 Å². The second-order valence-electron chi connectivity index (χ2n) is 27.7. The van der Waals surface area contributed by atoms with Gasteiger partial charge in [0.2, 0.25) is 6.71 Å². The monoisotopic (exact) mass is 1290 g/mol. The molecule has 4 nitrogen and oxygen atoms in total. The summed E-state index contributed by atoms with van der Waals surface area (Å²) in [5.74, 6) is 0. The smallest absolute Gasteiger partial charge is 0.249 e. The molecule has 5 heterocycles.